The molecule has 0 aliphatic rings. The SMILES string of the molecule is COc1ccc(OC)c(S(=O)(=O)NC(C)Cc2c[nH]c3ccccc23)c1. The second-order valence-electron chi connectivity index (χ2n) is 6.10. The van der Waals surface area contributed by atoms with Gasteiger partial charge in [-0.25, -0.2) is 13.1 Å². The van der Waals surface area contributed by atoms with Gasteiger partial charge in [-0.15, -0.1) is 0 Å². The fourth-order valence-corrected chi connectivity index (χ4v) is 4.42. The highest BCUT2D eigenvalue weighted by Crippen LogP contribution is 2.28. The average Bonchev–Trinajstić information content (AvgIpc) is 3.03. The van der Waals surface area contributed by atoms with Crippen LogP contribution in [0.1, 0.15) is 12.5 Å². The number of H-pyrrole nitrogens is 1. The third-order valence-electron chi connectivity index (χ3n) is 4.22. The Bertz CT molecular complexity index is 1010. The molecule has 0 aliphatic heterocycles. The Balaban J connectivity index is 1.83. The summed E-state index contributed by atoms with van der Waals surface area (Å²) in [6.45, 7) is 1.84. The highest BCUT2D eigenvalue weighted by atomic mass is 32.2. The zero-order valence-corrected chi connectivity index (χ0v) is 15.8. The van der Waals surface area contributed by atoms with Gasteiger partial charge in [0.05, 0.1) is 14.2 Å². The van der Waals surface area contributed by atoms with Crippen molar-refractivity contribution in [2.45, 2.75) is 24.3 Å². The smallest absolute Gasteiger partial charge is 0.244 e. The van der Waals surface area contributed by atoms with Crippen LogP contribution in [0.4, 0.5) is 0 Å². The highest BCUT2D eigenvalue weighted by Gasteiger charge is 2.23. The molecule has 2 aromatic carbocycles. The van der Waals surface area contributed by atoms with Crippen LogP contribution >= 0.6 is 0 Å². The third kappa shape index (κ3) is 3.68. The fraction of sp³-hybridized carbons (Fsp3) is 0.263. The van der Waals surface area contributed by atoms with Crippen molar-refractivity contribution in [2.75, 3.05) is 14.2 Å². The number of aromatic nitrogens is 1. The Hall–Kier alpha value is -2.51. The largest absolute Gasteiger partial charge is 0.497 e. The Morgan fingerprint density at radius 3 is 2.62 bits per heavy atom. The lowest BCUT2D eigenvalue weighted by molar-refractivity contribution is 0.391. The van der Waals surface area contributed by atoms with Crippen LogP contribution in [-0.2, 0) is 16.4 Å². The lowest BCUT2D eigenvalue weighted by Crippen LogP contribution is -2.34. The summed E-state index contributed by atoms with van der Waals surface area (Å²) < 4.78 is 38.7. The first-order valence-electron chi connectivity index (χ1n) is 8.24. The standard InChI is InChI=1S/C19H22N2O4S/c1-13(10-14-12-20-17-7-5-4-6-16(14)17)21-26(22,23)19-11-15(24-2)8-9-18(19)25-3/h4-9,11-13,20-21H,10H2,1-3H3. The number of rotatable bonds is 7. The summed E-state index contributed by atoms with van der Waals surface area (Å²) >= 11 is 0. The number of sulfonamides is 1. The monoisotopic (exact) mass is 374 g/mol. The quantitative estimate of drug-likeness (QED) is 0.666. The van der Waals surface area contributed by atoms with Gasteiger partial charge in [-0.1, -0.05) is 18.2 Å². The molecule has 6 nitrogen and oxygen atoms in total. The normalized spacial score (nSPS) is 12.9. The van der Waals surface area contributed by atoms with Crippen LogP contribution in [0.3, 0.4) is 0 Å². The molecule has 1 unspecified atom stereocenters. The molecule has 0 saturated heterocycles. The summed E-state index contributed by atoms with van der Waals surface area (Å²) in [5.41, 5.74) is 2.10. The van der Waals surface area contributed by atoms with Gasteiger partial charge in [-0.3, -0.25) is 0 Å². The second kappa shape index (κ2) is 7.39. The zero-order valence-electron chi connectivity index (χ0n) is 14.9. The van der Waals surface area contributed by atoms with Crippen molar-refractivity contribution in [3.05, 3.63) is 54.2 Å². The molecule has 0 aliphatic carbocycles. The maximum atomic E-state index is 12.8. The van der Waals surface area contributed by atoms with Crippen molar-refractivity contribution in [3.63, 3.8) is 0 Å². The van der Waals surface area contributed by atoms with Crippen LogP contribution in [0.2, 0.25) is 0 Å². The van der Waals surface area contributed by atoms with Crippen LogP contribution < -0.4 is 14.2 Å². The van der Waals surface area contributed by atoms with Gasteiger partial charge >= 0.3 is 0 Å². The summed E-state index contributed by atoms with van der Waals surface area (Å²) in [7, 11) is -0.824. The maximum absolute atomic E-state index is 12.8. The van der Waals surface area contributed by atoms with E-state index in [1.54, 1.807) is 12.1 Å². The number of methoxy groups -OCH3 is 2. The van der Waals surface area contributed by atoms with Crippen molar-refractivity contribution >= 4 is 20.9 Å². The van der Waals surface area contributed by atoms with Gasteiger partial charge in [0.1, 0.15) is 16.4 Å². The number of hydrogen-bond donors (Lipinski definition) is 2. The molecule has 1 atom stereocenters. The first kappa shape index (κ1) is 18.3. The van der Waals surface area contributed by atoms with Gasteiger partial charge in [0.15, 0.2) is 0 Å². The molecule has 0 radical (unpaired) electrons. The first-order valence-corrected chi connectivity index (χ1v) is 9.72. The van der Waals surface area contributed by atoms with Crippen LogP contribution in [0.5, 0.6) is 11.5 Å². The lowest BCUT2D eigenvalue weighted by Gasteiger charge is -2.16. The van der Waals surface area contributed by atoms with Crippen LogP contribution in [0.15, 0.2) is 53.6 Å². The van der Waals surface area contributed by atoms with Gasteiger partial charge in [-0.2, -0.15) is 0 Å². The van der Waals surface area contributed by atoms with E-state index in [0.717, 1.165) is 16.5 Å². The third-order valence-corrected chi connectivity index (χ3v) is 5.83. The first-order chi connectivity index (χ1) is 12.4. The molecule has 2 N–H and O–H groups in total. The number of nitrogens with one attached hydrogen (secondary N) is 2. The fourth-order valence-electron chi connectivity index (χ4n) is 2.99. The molecule has 26 heavy (non-hydrogen) atoms. The molecular formula is C19H22N2O4S. The topological polar surface area (TPSA) is 80.4 Å². The molecule has 0 bridgehead atoms. The van der Waals surface area contributed by atoms with E-state index in [9.17, 15) is 8.42 Å². The minimum atomic E-state index is -3.76. The summed E-state index contributed by atoms with van der Waals surface area (Å²) in [5.74, 6) is 0.730. The number of fused-ring (bicyclic) bond motifs is 1. The van der Waals surface area contributed by atoms with Crippen LogP contribution in [-0.4, -0.2) is 33.7 Å². The van der Waals surface area contributed by atoms with E-state index in [1.807, 2.05) is 37.4 Å². The van der Waals surface area contributed by atoms with Gasteiger partial charge < -0.3 is 14.5 Å². The molecule has 0 amide bonds. The van der Waals surface area contributed by atoms with Gasteiger partial charge in [0.25, 0.3) is 0 Å². The molecule has 0 fully saturated rings. The minimum absolute atomic E-state index is 0.0603. The zero-order chi connectivity index (χ0) is 18.7. The van der Waals surface area contributed by atoms with Crippen molar-refractivity contribution in [2.24, 2.45) is 0 Å². The molecule has 3 aromatic rings. The van der Waals surface area contributed by atoms with Gasteiger partial charge in [0.2, 0.25) is 10.0 Å². The molecule has 1 aromatic heterocycles. The van der Waals surface area contributed by atoms with E-state index in [0.29, 0.717) is 12.2 Å². The molecule has 3 rings (SSSR count). The summed E-state index contributed by atoms with van der Waals surface area (Å²) in [6, 6.07) is 12.3. The lowest BCUT2D eigenvalue weighted by atomic mass is 10.1. The molecule has 0 spiro atoms. The van der Waals surface area contributed by atoms with Crippen LogP contribution in [0.25, 0.3) is 10.9 Å². The summed E-state index contributed by atoms with van der Waals surface area (Å²) in [5, 5.41) is 1.09. The number of para-hydroxylation sites is 1. The maximum Gasteiger partial charge on any atom is 0.244 e. The minimum Gasteiger partial charge on any atom is -0.497 e. The van der Waals surface area contributed by atoms with Crippen molar-refractivity contribution < 1.29 is 17.9 Å². The average molecular weight is 374 g/mol. The van der Waals surface area contributed by atoms with Crippen LogP contribution in [0, 0.1) is 0 Å². The predicted molar refractivity (Wildman–Crippen MR) is 101 cm³/mol. The van der Waals surface area contributed by atoms with E-state index in [2.05, 4.69) is 9.71 Å². The van der Waals surface area contributed by atoms with E-state index in [4.69, 9.17) is 9.47 Å². The molecule has 7 heteroatoms. The summed E-state index contributed by atoms with van der Waals surface area (Å²) in [4.78, 5) is 3.27. The number of benzene rings is 2. The summed E-state index contributed by atoms with van der Waals surface area (Å²) in [6.07, 6.45) is 2.48. The number of aromatic amines is 1. The van der Waals surface area contributed by atoms with Crippen molar-refractivity contribution in [3.8, 4) is 11.5 Å². The van der Waals surface area contributed by atoms with Crippen molar-refractivity contribution in [1.82, 2.24) is 9.71 Å². The van der Waals surface area contributed by atoms with Gasteiger partial charge in [0, 0.05) is 29.2 Å². The second-order valence-corrected chi connectivity index (χ2v) is 7.79. The van der Waals surface area contributed by atoms with E-state index in [1.165, 1.54) is 20.3 Å². The molecular weight excluding hydrogens is 352 g/mol. The highest BCUT2D eigenvalue weighted by molar-refractivity contribution is 7.89. The predicted octanol–water partition coefficient (Wildman–Crippen LogP) is 3.09. The number of ether oxygens (including phenoxy) is 2. The Labute approximate surface area is 153 Å². The van der Waals surface area contributed by atoms with E-state index < -0.39 is 10.0 Å². The van der Waals surface area contributed by atoms with Gasteiger partial charge in [-0.05, 0) is 37.1 Å². The van der Waals surface area contributed by atoms with E-state index >= 15 is 0 Å². The Morgan fingerprint density at radius 1 is 1.12 bits per heavy atom. The molecule has 138 valence electrons. The Morgan fingerprint density at radius 2 is 1.88 bits per heavy atom. The molecule has 0 saturated carbocycles. The van der Waals surface area contributed by atoms with E-state index in [-0.39, 0.29) is 16.7 Å². The number of hydrogen-bond acceptors (Lipinski definition) is 4. The van der Waals surface area contributed by atoms with Crippen molar-refractivity contribution in [1.29, 1.82) is 0 Å². The molecule has 1 heterocycles. The Kier molecular flexibility index (Phi) is 5.20.